The Bertz CT molecular complexity index is 1920. The summed E-state index contributed by atoms with van der Waals surface area (Å²) in [6.45, 7) is 9.54. The van der Waals surface area contributed by atoms with Crippen LogP contribution in [0.1, 0.15) is 363 Å². The zero-order valence-corrected chi connectivity index (χ0v) is 62.5. The Morgan fingerprint density at radius 2 is 0.628 bits per heavy atom. The average Bonchev–Trinajstić information content (AvgIpc) is 2.56. The van der Waals surface area contributed by atoms with Gasteiger partial charge in [-0.2, -0.15) is 0 Å². The molecule has 19 heteroatoms. The Balaban J connectivity index is 5.26. The lowest BCUT2D eigenvalue weighted by Crippen LogP contribution is -2.30. The van der Waals surface area contributed by atoms with E-state index in [4.69, 9.17) is 37.0 Å². The first-order valence-corrected chi connectivity index (χ1v) is 41.3. The predicted octanol–water partition coefficient (Wildman–Crippen LogP) is 21.5. The molecule has 0 aromatic heterocycles. The third-order valence-electron chi connectivity index (χ3n) is 17.2. The smallest absolute Gasteiger partial charge is 0.462 e. The molecule has 0 aliphatic carbocycles. The molecule has 0 amide bonds. The number of aliphatic hydroxyl groups excluding tert-OH is 1. The summed E-state index contributed by atoms with van der Waals surface area (Å²) in [6, 6.07) is 0. The maximum Gasteiger partial charge on any atom is 0.472 e. The molecular weight excluding hydrogens is 1230 g/mol. The molecule has 0 heterocycles. The van der Waals surface area contributed by atoms with Crippen LogP contribution in [0, 0.1) is 11.8 Å². The number of hydrogen-bond acceptors (Lipinski definition) is 15. The van der Waals surface area contributed by atoms with Crippen molar-refractivity contribution in [1.29, 1.82) is 0 Å². The van der Waals surface area contributed by atoms with Gasteiger partial charge < -0.3 is 33.8 Å². The van der Waals surface area contributed by atoms with Crippen molar-refractivity contribution in [3.05, 3.63) is 24.3 Å². The van der Waals surface area contributed by atoms with Gasteiger partial charge in [0.25, 0.3) is 0 Å². The number of ether oxygens (including phenoxy) is 4. The molecule has 6 atom stereocenters. The van der Waals surface area contributed by atoms with Crippen LogP contribution in [0.2, 0.25) is 0 Å². The highest BCUT2D eigenvalue weighted by atomic mass is 31.2. The van der Waals surface area contributed by atoms with Gasteiger partial charge in [-0.1, -0.05) is 310 Å². The molecule has 0 spiro atoms. The molecule has 17 nitrogen and oxygen atoms in total. The number of phosphoric ester groups is 2. The molecule has 0 bridgehead atoms. The molecule has 554 valence electrons. The lowest BCUT2D eigenvalue weighted by atomic mass is 9.99. The topological polar surface area (TPSA) is 237 Å². The van der Waals surface area contributed by atoms with Crippen molar-refractivity contribution in [1.82, 2.24) is 0 Å². The number of allylic oxidation sites excluding steroid dienone is 4. The molecule has 94 heavy (non-hydrogen) atoms. The van der Waals surface area contributed by atoms with E-state index in [-0.39, 0.29) is 25.7 Å². The third-order valence-corrected chi connectivity index (χ3v) is 19.1. The summed E-state index contributed by atoms with van der Waals surface area (Å²) in [5.41, 5.74) is 0. The van der Waals surface area contributed by atoms with Gasteiger partial charge in [0.15, 0.2) is 12.2 Å². The number of rotatable bonds is 72. The maximum absolute atomic E-state index is 13.1. The van der Waals surface area contributed by atoms with E-state index in [1.54, 1.807) is 0 Å². The van der Waals surface area contributed by atoms with Crippen LogP contribution in [0.5, 0.6) is 0 Å². The van der Waals surface area contributed by atoms with E-state index in [1.165, 1.54) is 154 Å². The van der Waals surface area contributed by atoms with Crippen LogP contribution in [-0.2, 0) is 65.4 Å². The molecule has 0 saturated carbocycles. The quantitative estimate of drug-likeness (QED) is 0.0169. The van der Waals surface area contributed by atoms with Crippen LogP contribution < -0.4 is 0 Å². The number of hydrogen-bond donors (Lipinski definition) is 3. The fraction of sp³-hybridized carbons (Fsp3) is 0.893. The first kappa shape index (κ1) is 91.5. The second-order valence-electron chi connectivity index (χ2n) is 27.1. The first-order chi connectivity index (χ1) is 45.4. The lowest BCUT2D eigenvalue weighted by molar-refractivity contribution is -0.161. The van der Waals surface area contributed by atoms with E-state index < -0.39 is 97.5 Å². The molecule has 0 aromatic carbocycles. The largest absolute Gasteiger partial charge is 0.472 e. The second kappa shape index (κ2) is 66.4. The van der Waals surface area contributed by atoms with E-state index in [2.05, 4.69) is 65.8 Å². The summed E-state index contributed by atoms with van der Waals surface area (Å²) in [4.78, 5) is 72.7. The number of phosphoric acid groups is 2. The van der Waals surface area contributed by atoms with E-state index in [9.17, 15) is 43.2 Å². The number of unbranched alkanes of at least 4 members (excludes halogenated alkanes) is 38. The van der Waals surface area contributed by atoms with Crippen LogP contribution in [0.15, 0.2) is 24.3 Å². The number of aliphatic hydroxyl groups is 1. The van der Waals surface area contributed by atoms with Crippen LogP contribution in [-0.4, -0.2) is 96.7 Å². The summed E-state index contributed by atoms with van der Waals surface area (Å²) in [5.74, 6) is -0.555. The summed E-state index contributed by atoms with van der Waals surface area (Å²) < 4.78 is 68.4. The zero-order valence-electron chi connectivity index (χ0n) is 60.7. The van der Waals surface area contributed by atoms with Crippen molar-refractivity contribution in [3.63, 3.8) is 0 Å². The standard InChI is InChI=1S/C75H142O17P2/c1-7-10-12-14-16-18-19-20-21-25-28-34-40-46-52-58-73(78)86-64-71(92-74(79)59-53-47-41-35-29-26-23-22-24-27-32-37-43-49-55-67(4)5)66-90-94(83,84)88-62-69(76)61-87-93(81,82)89-65-70(63-85-72(77)57-51-45-39-17-15-13-11-8-2)91-75(80)60-54-48-42-36-31-30-33-38-44-50-56-68(6)9-3/h18-21,67-71,76H,7-17,22-66H2,1-6H3,(H,81,82)(H,83,84)/b19-18-,21-20-/t68?,69-,70+,71+/m0/s1. The van der Waals surface area contributed by atoms with E-state index in [0.29, 0.717) is 25.7 Å². The highest BCUT2D eigenvalue weighted by Gasteiger charge is 2.30. The molecule has 3 unspecified atom stereocenters. The lowest BCUT2D eigenvalue weighted by Gasteiger charge is -2.21. The van der Waals surface area contributed by atoms with Crippen LogP contribution in [0.4, 0.5) is 0 Å². The molecule has 0 radical (unpaired) electrons. The summed E-state index contributed by atoms with van der Waals surface area (Å²) in [6.07, 6.45) is 56.2. The average molecular weight is 1380 g/mol. The Morgan fingerprint density at radius 3 is 0.957 bits per heavy atom. The SMILES string of the molecule is CCCCCC/C=C\C=C/CCCCCCCC(=O)OC[C@H](COP(=O)(O)OC[C@@H](O)COP(=O)(O)OC[C@@H](COC(=O)CCCCCCCCCC)OC(=O)CCCCCCCCCCCCC(C)CC)OC(=O)CCCCCCCCCCCCCCCCC(C)C. The van der Waals surface area contributed by atoms with E-state index >= 15 is 0 Å². The fourth-order valence-corrected chi connectivity index (χ4v) is 12.5. The summed E-state index contributed by atoms with van der Waals surface area (Å²) >= 11 is 0. The van der Waals surface area contributed by atoms with Crippen molar-refractivity contribution in [2.45, 2.75) is 381 Å². The van der Waals surface area contributed by atoms with Gasteiger partial charge in [0, 0.05) is 25.7 Å². The fourth-order valence-electron chi connectivity index (χ4n) is 10.9. The second-order valence-corrected chi connectivity index (χ2v) is 30.0. The van der Waals surface area contributed by atoms with Crippen molar-refractivity contribution >= 4 is 39.5 Å². The van der Waals surface area contributed by atoms with Crippen molar-refractivity contribution in [3.8, 4) is 0 Å². The summed E-state index contributed by atoms with van der Waals surface area (Å²) in [7, 11) is -9.92. The highest BCUT2D eigenvalue weighted by molar-refractivity contribution is 7.47. The van der Waals surface area contributed by atoms with Crippen LogP contribution >= 0.6 is 15.6 Å². The molecule has 0 saturated heterocycles. The minimum absolute atomic E-state index is 0.101. The highest BCUT2D eigenvalue weighted by Crippen LogP contribution is 2.45. The van der Waals surface area contributed by atoms with Gasteiger partial charge in [0.1, 0.15) is 19.3 Å². The minimum atomic E-state index is -4.96. The van der Waals surface area contributed by atoms with Gasteiger partial charge in [-0.3, -0.25) is 37.3 Å². The molecule has 0 aliphatic rings. The van der Waals surface area contributed by atoms with E-state index in [0.717, 1.165) is 127 Å². The van der Waals surface area contributed by atoms with Crippen LogP contribution in [0.3, 0.4) is 0 Å². The van der Waals surface area contributed by atoms with Crippen molar-refractivity contribution < 1.29 is 80.2 Å². The van der Waals surface area contributed by atoms with Gasteiger partial charge in [-0.25, -0.2) is 9.13 Å². The van der Waals surface area contributed by atoms with Gasteiger partial charge in [0.05, 0.1) is 26.4 Å². The Kier molecular flexibility index (Phi) is 64.7. The Morgan fingerprint density at radius 1 is 0.351 bits per heavy atom. The maximum atomic E-state index is 13.1. The monoisotopic (exact) mass is 1380 g/mol. The molecular formula is C75H142O17P2. The Hall–Kier alpha value is -2.46. The molecule has 0 aromatic rings. The molecule has 0 fully saturated rings. The van der Waals surface area contributed by atoms with E-state index in [1.807, 2.05) is 0 Å². The van der Waals surface area contributed by atoms with Gasteiger partial charge in [0.2, 0.25) is 0 Å². The summed E-state index contributed by atoms with van der Waals surface area (Å²) in [5, 5.41) is 10.6. The molecule has 0 rings (SSSR count). The first-order valence-electron chi connectivity index (χ1n) is 38.3. The minimum Gasteiger partial charge on any atom is -0.462 e. The predicted molar refractivity (Wildman–Crippen MR) is 381 cm³/mol. The third kappa shape index (κ3) is 66.8. The zero-order chi connectivity index (χ0) is 69.3. The molecule has 3 N–H and O–H groups in total. The van der Waals surface area contributed by atoms with Gasteiger partial charge in [-0.15, -0.1) is 0 Å². The normalized spacial score (nSPS) is 14.5. The van der Waals surface area contributed by atoms with Gasteiger partial charge >= 0.3 is 39.5 Å². The number of carbonyl (C=O) groups excluding carboxylic acids is 4. The number of carbonyl (C=O) groups is 4. The van der Waals surface area contributed by atoms with Crippen molar-refractivity contribution in [2.75, 3.05) is 39.6 Å². The number of esters is 4. The van der Waals surface area contributed by atoms with Crippen molar-refractivity contribution in [2.24, 2.45) is 11.8 Å². The Labute approximate surface area is 573 Å². The van der Waals surface area contributed by atoms with Crippen LogP contribution in [0.25, 0.3) is 0 Å². The van der Waals surface area contributed by atoms with Gasteiger partial charge in [-0.05, 0) is 63.2 Å². The molecule has 0 aliphatic heterocycles.